The summed E-state index contributed by atoms with van der Waals surface area (Å²) >= 11 is 1.36. The van der Waals surface area contributed by atoms with Gasteiger partial charge < -0.3 is 15.6 Å². The molecule has 0 aliphatic carbocycles. The molecule has 2 heterocycles. The van der Waals surface area contributed by atoms with E-state index in [0.29, 0.717) is 11.3 Å². The lowest BCUT2D eigenvalue weighted by Gasteiger charge is -2.20. The predicted octanol–water partition coefficient (Wildman–Crippen LogP) is 3.49. The summed E-state index contributed by atoms with van der Waals surface area (Å²) in [6, 6.07) is 11.0. The fraction of sp³-hybridized carbons (Fsp3) is 0.300. The number of thiophene rings is 1. The van der Waals surface area contributed by atoms with E-state index in [2.05, 4.69) is 15.6 Å². The first-order chi connectivity index (χ1) is 12.6. The van der Waals surface area contributed by atoms with Gasteiger partial charge in [-0.3, -0.25) is 9.59 Å². The summed E-state index contributed by atoms with van der Waals surface area (Å²) in [6.07, 6.45) is 3.18. The average Bonchev–Trinajstić information content (AvgIpc) is 3.31. The Labute approximate surface area is 156 Å². The Morgan fingerprint density at radius 1 is 1.15 bits per heavy atom. The molecule has 3 aromatic rings. The quantitative estimate of drug-likeness (QED) is 0.596. The van der Waals surface area contributed by atoms with Crippen LogP contribution < -0.4 is 10.6 Å². The number of aromatic amines is 1. The fourth-order valence-electron chi connectivity index (χ4n) is 2.81. The molecule has 0 spiro atoms. The van der Waals surface area contributed by atoms with E-state index in [4.69, 9.17) is 0 Å². The van der Waals surface area contributed by atoms with Gasteiger partial charge in [0.05, 0.1) is 4.88 Å². The molecule has 3 N–H and O–H groups in total. The highest BCUT2D eigenvalue weighted by molar-refractivity contribution is 7.12. The second-order valence-corrected chi connectivity index (χ2v) is 7.33. The number of fused-ring (bicyclic) bond motifs is 1. The van der Waals surface area contributed by atoms with E-state index >= 15 is 0 Å². The Morgan fingerprint density at radius 3 is 2.69 bits per heavy atom. The predicted molar refractivity (Wildman–Crippen MR) is 105 cm³/mol. The number of nitrogens with one attached hydrogen (secondary N) is 3. The van der Waals surface area contributed by atoms with Gasteiger partial charge in [0.2, 0.25) is 5.91 Å². The van der Waals surface area contributed by atoms with Crippen molar-refractivity contribution in [1.29, 1.82) is 0 Å². The summed E-state index contributed by atoms with van der Waals surface area (Å²) in [4.78, 5) is 29.1. The molecule has 0 radical (unpaired) electrons. The Morgan fingerprint density at radius 2 is 1.96 bits per heavy atom. The number of hydrogen-bond acceptors (Lipinski definition) is 3. The lowest BCUT2D eigenvalue weighted by Crippen LogP contribution is -2.50. The number of hydrogen-bond donors (Lipinski definition) is 3. The second kappa shape index (κ2) is 8.19. The van der Waals surface area contributed by atoms with Crippen LogP contribution >= 0.6 is 11.3 Å². The fourth-order valence-corrected chi connectivity index (χ4v) is 3.44. The van der Waals surface area contributed by atoms with Gasteiger partial charge in [0.25, 0.3) is 5.91 Å². The summed E-state index contributed by atoms with van der Waals surface area (Å²) < 4.78 is 0. The highest BCUT2D eigenvalue weighted by Crippen LogP contribution is 2.19. The van der Waals surface area contributed by atoms with Gasteiger partial charge in [-0.2, -0.15) is 0 Å². The van der Waals surface area contributed by atoms with E-state index in [1.54, 1.807) is 6.07 Å². The molecular weight excluding hydrogens is 346 g/mol. The van der Waals surface area contributed by atoms with Gasteiger partial charge in [0, 0.05) is 29.6 Å². The molecule has 1 aromatic carbocycles. The normalized spacial score (nSPS) is 13.3. The molecule has 0 aliphatic heterocycles. The molecule has 0 aliphatic rings. The van der Waals surface area contributed by atoms with Crippen LogP contribution in [0.5, 0.6) is 0 Å². The van der Waals surface area contributed by atoms with Crippen LogP contribution in [-0.2, 0) is 11.2 Å². The topological polar surface area (TPSA) is 74.0 Å². The van der Waals surface area contributed by atoms with Crippen molar-refractivity contribution >= 4 is 34.1 Å². The Kier molecular flexibility index (Phi) is 5.73. The third-order valence-electron chi connectivity index (χ3n) is 4.47. The molecule has 2 aromatic heterocycles. The molecule has 0 saturated carbocycles. The van der Waals surface area contributed by atoms with E-state index in [1.807, 2.05) is 55.8 Å². The summed E-state index contributed by atoms with van der Waals surface area (Å²) in [5, 5.41) is 8.80. The summed E-state index contributed by atoms with van der Waals surface area (Å²) in [6.45, 7) is 3.98. The number of aromatic nitrogens is 1. The number of amides is 2. The van der Waals surface area contributed by atoms with Crippen molar-refractivity contribution in [3.8, 4) is 0 Å². The van der Waals surface area contributed by atoms with Gasteiger partial charge in [-0.1, -0.05) is 31.2 Å². The van der Waals surface area contributed by atoms with Crippen LogP contribution in [0.2, 0.25) is 0 Å². The number of H-pyrrole nitrogens is 1. The Hall–Kier alpha value is -2.60. The number of rotatable bonds is 7. The van der Waals surface area contributed by atoms with Crippen LogP contribution in [-0.4, -0.2) is 28.9 Å². The van der Waals surface area contributed by atoms with E-state index in [0.717, 1.165) is 22.9 Å². The largest absolute Gasteiger partial charge is 0.361 e. The highest BCUT2D eigenvalue weighted by Gasteiger charge is 2.24. The summed E-state index contributed by atoms with van der Waals surface area (Å²) in [5.41, 5.74) is 2.03. The minimum Gasteiger partial charge on any atom is -0.361 e. The summed E-state index contributed by atoms with van der Waals surface area (Å²) in [7, 11) is 0. The zero-order valence-electron chi connectivity index (χ0n) is 14.9. The molecule has 136 valence electrons. The number of carbonyl (C=O) groups excluding carboxylic acids is 2. The maximum Gasteiger partial charge on any atom is 0.262 e. The van der Waals surface area contributed by atoms with Gasteiger partial charge in [-0.15, -0.1) is 11.3 Å². The van der Waals surface area contributed by atoms with Gasteiger partial charge in [-0.05, 0) is 36.4 Å². The number of benzene rings is 1. The van der Waals surface area contributed by atoms with Crippen molar-refractivity contribution in [1.82, 2.24) is 15.6 Å². The van der Waals surface area contributed by atoms with Crippen LogP contribution in [0.4, 0.5) is 0 Å². The SMILES string of the molecule is CC[C@@H](C)NC(=O)[C@@H](Cc1c[nH]c2ccccc12)NC(=O)c1cccs1. The zero-order chi connectivity index (χ0) is 18.5. The first-order valence-electron chi connectivity index (χ1n) is 8.78. The van der Waals surface area contributed by atoms with E-state index in [9.17, 15) is 9.59 Å². The molecule has 0 bridgehead atoms. The maximum absolute atomic E-state index is 12.7. The van der Waals surface area contributed by atoms with Gasteiger partial charge in [-0.25, -0.2) is 0 Å². The molecule has 0 fully saturated rings. The average molecular weight is 369 g/mol. The summed E-state index contributed by atoms with van der Waals surface area (Å²) in [5.74, 6) is -0.376. The van der Waals surface area contributed by atoms with E-state index in [1.165, 1.54) is 11.3 Å². The monoisotopic (exact) mass is 369 g/mol. The van der Waals surface area contributed by atoms with Crippen LogP contribution in [0.15, 0.2) is 48.0 Å². The smallest absolute Gasteiger partial charge is 0.262 e. The molecule has 6 heteroatoms. The Bertz CT molecular complexity index is 885. The van der Waals surface area contributed by atoms with Crippen LogP contribution in [0, 0.1) is 0 Å². The molecule has 26 heavy (non-hydrogen) atoms. The molecule has 0 unspecified atom stereocenters. The van der Waals surface area contributed by atoms with Crippen LogP contribution in [0.1, 0.15) is 35.5 Å². The molecule has 2 atom stereocenters. The van der Waals surface area contributed by atoms with Crippen molar-refractivity contribution < 1.29 is 9.59 Å². The lowest BCUT2D eigenvalue weighted by atomic mass is 10.0. The standard InChI is InChI=1S/C20H23N3O2S/c1-3-13(2)22-19(24)17(23-20(25)18-9-6-10-26-18)11-14-12-21-16-8-5-4-7-15(14)16/h4-10,12-13,17,21H,3,11H2,1-2H3,(H,22,24)(H,23,25)/t13-,17-/m1/s1. The molecule has 0 saturated heterocycles. The van der Waals surface area contributed by atoms with Crippen molar-refractivity contribution in [2.24, 2.45) is 0 Å². The zero-order valence-corrected chi connectivity index (χ0v) is 15.7. The lowest BCUT2D eigenvalue weighted by molar-refractivity contribution is -0.123. The Balaban J connectivity index is 1.82. The first-order valence-corrected chi connectivity index (χ1v) is 9.66. The van der Waals surface area contributed by atoms with E-state index in [-0.39, 0.29) is 17.9 Å². The van der Waals surface area contributed by atoms with E-state index < -0.39 is 6.04 Å². The van der Waals surface area contributed by atoms with Crippen molar-refractivity contribution in [2.75, 3.05) is 0 Å². The minimum atomic E-state index is -0.627. The van der Waals surface area contributed by atoms with Gasteiger partial charge in [0.15, 0.2) is 0 Å². The minimum absolute atomic E-state index is 0.0617. The number of para-hydroxylation sites is 1. The second-order valence-electron chi connectivity index (χ2n) is 6.38. The molecule has 2 amide bonds. The van der Waals surface area contributed by atoms with Gasteiger partial charge >= 0.3 is 0 Å². The first kappa shape index (κ1) is 18.2. The van der Waals surface area contributed by atoms with Crippen molar-refractivity contribution in [3.05, 3.63) is 58.4 Å². The molecule has 3 rings (SSSR count). The van der Waals surface area contributed by atoms with Crippen LogP contribution in [0.25, 0.3) is 10.9 Å². The highest BCUT2D eigenvalue weighted by atomic mass is 32.1. The van der Waals surface area contributed by atoms with Crippen molar-refractivity contribution in [2.45, 2.75) is 38.8 Å². The third-order valence-corrected chi connectivity index (χ3v) is 5.34. The maximum atomic E-state index is 12.7. The van der Waals surface area contributed by atoms with Gasteiger partial charge in [0.1, 0.15) is 6.04 Å². The van der Waals surface area contributed by atoms with Crippen molar-refractivity contribution in [3.63, 3.8) is 0 Å². The third kappa shape index (κ3) is 4.14. The van der Waals surface area contributed by atoms with Crippen LogP contribution in [0.3, 0.4) is 0 Å². The number of carbonyl (C=O) groups is 2. The molecule has 5 nitrogen and oxygen atoms in total. The molecular formula is C20H23N3O2S.